The second-order valence-corrected chi connectivity index (χ2v) is 26.9. The molecule has 0 N–H and O–H groups in total. The van der Waals surface area contributed by atoms with Crippen molar-refractivity contribution in [2.45, 2.75) is 5.41 Å². The third-order valence-corrected chi connectivity index (χ3v) is 23.7. The van der Waals surface area contributed by atoms with Gasteiger partial charge in [0.2, 0.25) is 0 Å². The van der Waals surface area contributed by atoms with Crippen LogP contribution in [0.4, 0.5) is 0 Å². The molecule has 65 heavy (non-hydrogen) atoms. The van der Waals surface area contributed by atoms with E-state index in [1.165, 1.54) is 0 Å². The van der Waals surface area contributed by atoms with Gasteiger partial charge in [0, 0.05) is 0 Å². The van der Waals surface area contributed by atoms with E-state index in [2.05, 4.69) is 30.2 Å². The van der Waals surface area contributed by atoms with Gasteiger partial charge in [0.25, 0.3) is 0 Å². The zero-order valence-electron chi connectivity index (χ0n) is 61.3. The predicted molar refractivity (Wildman–Crippen MR) is 283 cm³/mol. The molecule has 0 amide bonds. The van der Waals surface area contributed by atoms with Gasteiger partial charge in [0.15, 0.2) is 0 Å². The molecule has 2 aliphatic rings. The molecular weight excluding hydrogens is 953 g/mol. The van der Waals surface area contributed by atoms with Crippen LogP contribution in [0.2, 0.25) is 0 Å². The Hall–Kier alpha value is -5.90. The summed E-state index contributed by atoms with van der Waals surface area (Å²) in [6.07, 6.45) is 0. The SMILES string of the molecule is [2H]c1c([2H])c([2H])c(P(=[Se])(c2c([2H])c([2H])c([2H])c([2H])c2[2H])c2c([2H])c([2H])c(-c3ccc4c(c3)C3(c5ccccc5-4)c4ccccc4-c4ccc(-c5c([2H])c([2H])c(P(=[Se])(c6c([2H])c([2H])c([2H])c([2H])c6[2H])c6c([2H])c([2H])c([2H])c([2H])c6[2H])c([2H])c5[2H])cc43)c([2H])c2[2H])c([2H])c1[2H]. The van der Waals surface area contributed by atoms with Crippen LogP contribution in [0.15, 0.2) is 254 Å². The summed E-state index contributed by atoms with van der Waals surface area (Å²) in [5.74, 6) is 0. The maximum atomic E-state index is 9.84. The van der Waals surface area contributed by atoms with Gasteiger partial charge < -0.3 is 0 Å². The van der Waals surface area contributed by atoms with Crippen molar-refractivity contribution in [1.82, 2.24) is 0 Å². The molecule has 10 aromatic carbocycles. The van der Waals surface area contributed by atoms with E-state index in [0.29, 0.717) is 33.4 Å². The van der Waals surface area contributed by atoms with E-state index in [-0.39, 0.29) is 22.3 Å². The van der Waals surface area contributed by atoms with E-state index >= 15 is 0 Å². The fraction of sp³-hybridized carbons (Fsp3) is 0.0164. The molecule has 0 unspecified atom stereocenters. The van der Waals surface area contributed by atoms with Crippen LogP contribution in [-0.2, 0) is 5.41 Å². The summed E-state index contributed by atoms with van der Waals surface area (Å²) in [7, 11) is 0. The molecule has 0 heterocycles. The van der Waals surface area contributed by atoms with Crippen molar-refractivity contribution in [1.29, 1.82) is 0 Å². The first-order valence-electron chi connectivity index (χ1n) is 33.8. The standard InChI is InChI=1S/C61H42P2Se2/c64-62(47-17-5-1-6-18-47,48-19-7-2-8-20-48)51-35-29-43(30-36-51)45-33-39-55-53-25-13-15-27-57(53)61(59(55)41-45)58-28-16-14-26-54(58)56-40-34-46(42-60(56)61)44-31-37-52(38-32-44)63(65,49-21-9-3-10-22-49)50-23-11-4-12-24-50/h1-42H/i1D,2D,3D,4D,5D,6D,7D,8D,9D,10D,11D,12D,17D,18D,19D,20D,21D,22D,23D,24D,29D,30D,31D,32D,35D,36D,37D,38D. The molecule has 0 fully saturated rings. The Bertz CT molecular complexity index is 4600. The summed E-state index contributed by atoms with van der Waals surface area (Å²) in [5, 5.41) is -3.71. The Morgan fingerprint density at radius 3 is 0.923 bits per heavy atom. The maximum absolute atomic E-state index is 9.84. The number of hydrogen-bond acceptors (Lipinski definition) is 0. The van der Waals surface area contributed by atoms with Crippen molar-refractivity contribution in [3.8, 4) is 44.5 Å². The Morgan fingerprint density at radius 2 is 0.585 bits per heavy atom. The monoisotopic (exact) mass is 1020 g/mol. The summed E-state index contributed by atoms with van der Waals surface area (Å²) in [6, 6.07) is 1.62. The van der Waals surface area contributed by atoms with E-state index < -0.39 is 217 Å². The molecule has 0 radical (unpaired) electrons. The average molecular weight is 1020 g/mol. The molecule has 0 aliphatic heterocycles. The molecular formula is C61H42P2Se2. The second-order valence-electron chi connectivity index (χ2n) is 14.9. The van der Waals surface area contributed by atoms with E-state index in [0.717, 1.165) is 11.1 Å². The average Bonchev–Trinajstić information content (AvgIpc) is 1.56. The quantitative estimate of drug-likeness (QED) is 0.105. The molecule has 4 heteroatoms. The molecule has 0 saturated carbocycles. The Kier molecular flexibility index (Phi) is 5.17. The Balaban J connectivity index is 1.11. The molecule has 0 atom stereocenters. The van der Waals surface area contributed by atoms with Crippen LogP contribution < -0.4 is 31.8 Å². The summed E-state index contributed by atoms with van der Waals surface area (Å²) in [4.78, 5) is 0. The second kappa shape index (κ2) is 16.2. The minimum atomic E-state index is -4.57. The minimum absolute atomic E-state index is 0.123. The molecule has 0 nitrogen and oxygen atoms in total. The predicted octanol–water partition coefficient (Wildman–Crippen LogP) is 12.1. The van der Waals surface area contributed by atoms with Crippen molar-refractivity contribution < 1.29 is 38.4 Å². The molecule has 0 saturated heterocycles. The van der Waals surface area contributed by atoms with E-state index in [4.69, 9.17) is 27.4 Å². The van der Waals surface area contributed by atoms with Crippen LogP contribution >= 0.6 is 11.0 Å². The topological polar surface area (TPSA) is 0 Å². The molecule has 0 bridgehead atoms. The number of rotatable bonds is 8. The third kappa shape index (κ3) is 6.32. The van der Waals surface area contributed by atoms with Gasteiger partial charge in [-0.1, -0.05) is 0 Å². The van der Waals surface area contributed by atoms with Crippen LogP contribution in [-0.4, -0.2) is 30.2 Å². The Labute approximate surface area is 436 Å². The number of fused-ring (bicyclic) bond motifs is 10. The first kappa shape index (κ1) is 20.7. The Morgan fingerprint density at radius 1 is 0.292 bits per heavy atom. The van der Waals surface area contributed by atoms with E-state index in [1.807, 2.05) is 48.5 Å². The summed E-state index contributed by atoms with van der Waals surface area (Å²) in [5.41, 5.74) is -5.55. The summed E-state index contributed by atoms with van der Waals surface area (Å²) >= 11 is 5.55. The van der Waals surface area contributed by atoms with Crippen molar-refractivity contribution >= 4 is 73.0 Å². The van der Waals surface area contributed by atoms with Gasteiger partial charge in [0.1, 0.15) is 0 Å². The zero-order valence-corrected chi connectivity index (χ0v) is 38.5. The van der Waals surface area contributed by atoms with Crippen LogP contribution in [0.3, 0.4) is 0 Å². The van der Waals surface area contributed by atoms with Gasteiger partial charge in [-0.25, -0.2) is 0 Å². The normalized spacial score (nSPS) is 19.2. The first-order chi connectivity index (χ1) is 43.6. The zero-order chi connectivity index (χ0) is 68.0. The van der Waals surface area contributed by atoms with Gasteiger partial charge in [-0.2, -0.15) is 0 Å². The molecule has 0 aromatic heterocycles. The van der Waals surface area contributed by atoms with Crippen LogP contribution in [0, 0.1) is 0 Å². The fourth-order valence-electron chi connectivity index (χ4n) is 8.94. The molecule has 12 rings (SSSR count). The molecule has 1 spiro atoms. The molecule has 308 valence electrons. The van der Waals surface area contributed by atoms with Crippen molar-refractivity contribution in [2.75, 3.05) is 0 Å². The first-order valence-corrected chi connectivity index (χ1v) is 27.8. The van der Waals surface area contributed by atoms with Crippen LogP contribution in [0.25, 0.3) is 44.5 Å². The van der Waals surface area contributed by atoms with Gasteiger partial charge in [-0.3, -0.25) is 0 Å². The van der Waals surface area contributed by atoms with Gasteiger partial charge >= 0.3 is 438 Å². The van der Waals surface area contributed by atoms with Gasteiger partial charge in [-0.05, 0) is 0 Å². The van der Waals surface area contributed by atoms with E-state index in [1.54, 1.807) is 36.4 Å². The summed E-state index contributed by atoms with van der Waals surface area (Å²) in [6.45, 7) is 0. The summed E-state index contributed by atoms with van der Waals surface area (Å²) < 4.78 is 255. The van der Waals surface area contributed by atoms with Crippen LogP contribution in [0.1, 0.15) is 60.6 Å². The van der Waals surface area contributed by atoms with Crippen molar-refractivity contribution in [2.24, 2.45) is 0 Å². The van der Waals surface area contributed by atoms with E-state index in [9.17, 15) is 11.0 Å². The number of hydrogen-bond donors (Lipinski definition) is 0. The number of benzene rings is 10. The fourth-order valence-corrected chi connectivity index (χ4v) is 16.3. The van der Waals surface area contributed by atoms with Crippen molar-refractivity contribution in [3.63, 3.8) is 0 Å². The van der Waals surface area contributed by atoms with Gasteiger partial charge in [0.05, 0.1) is 0 Å². The third-order valence-electron chi connectivity index (χ3n) is 11.7. The molecule has 10 aromatic rings. The van der Waals surface area contributed by atoms with Crippen molar-refractivity contribution in [3.05, 3.63) is 276 Å². The van der Waals surface area contributed by atoms with Crippen LogP contribution in [0.5, 0.6) is 0 Å². The van der Waals surface area contributed by atoms with Gasteiger partial charge in [-0.15, -0.1) is 0 Å². The molecule has 2 aliphatic carbocycles.